The van der Waals surface area contributed by atoms with Crippen molar-refractivity contribution in [3.8, 4) is 0 Å². The number of rotatable bonds is 0. The maximum absolute atomic E-state index is 9.21. The summed E-state index contributed by atoms with van der Waals surface area (Å²) in [5, 5.41) is 18.2. The topological polar surface area (TPSA) is 40.5 Å². The monoisotopic (exact) mass is 116 g/mol. The molecule has 0 aromatic rings. The number of aliphatic hydroxyl groups is 2. The van der Waals surface area contributed by atoms with Gasteiger partial charge in [0.15, 0.2) is 0 Å². The molecule has 0 amide bonds. The minimum atomic E-state index is -0.792. The molecule has 2 heteroatoms. The van der Waals surface area contributed by atoms with E-state index in [1.54, 1.807) is 6.92 Å². The molecular weight excluding hydrogens is 104 g/mol. The normalized spacial score (nSPS) is 47.6. The number of aliphatic hydroxyl groups excluding tert-OH is 1. The summed E-state index contributed by atoms with van der Waals surface area (Å²) in [7, 11) is 0. The second-order valence-electron chi connectivity index (χ2n) is 2.77. The van der Waals surface area contributed by atoms with Crippen molar-refractivity contribution in [2.45, 2.75) is 37.9 Å². The van der Waals surface area contributed by atoms with E-state index < -0.39 is 11.7 Å². The van der Waals surface area contributed by atoms with Gasteiger partial charge < -0.3 is 10.2 Å². The molecule has 0 aromatic carbocycles. The van der Waals surface area contributed by atoms with Crippen molar-refractivity contribution in [1.82, 2.24) is 0 Å². The third kappa shape index (κ3) is 0.858. The third-order valence-electron chi connectivity index (χ3n) is 1.88. The lowest BCUT2D eigenvalue weighted by atomic mass is 10.0. The standard InChI is InChI=1S/C6H12O2/c1-6(8)4-2-3-5(6)7/h5,7-8H,2-4H2,1H3/t5-,6+/m1/s1. The van der Waals surface area contributed by atoms with E-state index in [-0.39, 0.29) is 0 Å². The molecule has 0 bridgehead atoms. The van der Waals surface area contributed by atoms with E-state index in [1.165, 1.54) is 0 Å². The summed E-state index contributed by atoms with van der Waals surface area (Å²) in [5.41, 5.74) is -0.792. The second kappa shape index (κ2) is 1.71. The van der Waals surface area contributed by atoms with E-state index in [9.17, 15) is 5.11 Å². The Hall–Kier alpha value is -0.0800. The van der Waals surface area contributed by atoms with Gasteiger partial charge in [0.05, 0.1) is 11.7 Å². The van der Waals surface area contributed by atoms with Gasteiger partial charge in [0, 0.05) is 0 Å². The van der Waals surface area contributed by atoms with Crippen LogP contribution in [-0.2, 0) is 0 Å². The molecule has 1 saturated carbocycles. The van der Waals surface area contributed by atoms with Crippen LogP contribution in [0.15, 0.2) is 0 Å². The molecule has 1 aliphatic carbocycles. The van der Waals surface area contributed by atoms with E-state index in [2.05, 4.69) is 0 Å². The third-order valence-corrected chi connectivity index (χ3v) is 1.88. The summed E-state index contributed by atoms with van der Waals surface area (Å²) in [6, 6.07) is 0. The summed E-state index contributed by atoms with van der Waals surface area (Å²) >= 11 is 0. The van der Waals surface area contributed by atoms with Crippen LogP contribution < -0.4 is 0 Å². The fourth-order valence-corrected chi connectivity index (χ4v) is 1.13. The van der Waals surface area contributed by atoms with Crippen LogP contribution in [0, 0.1) is 0 Å². The summed E-state index contributed by atoms with van der Waals surface area (Å²) < 4.78 is 0. The van der Waals surface area contributed by atoms with Crippen molar-refractivity contribution in [2.24, 2.45) is 0 Å². The van der Waals surface area contributed by atoms with Gasteiger partial charge in [0.1, 0.15) is 0 Å². The van der Waals surface area contributed by atoms with Crippen LogP contribution in [0.4, 0.5) is 0 Å². The van der Waals surface area contributed by atoms with Crippen LogP contribution in [0.2, 0.25) is 0 Å². The average molecular weight is 116 g/mol. The van der Waals surface area contributed by atoms with Gasteiger partial charge in [-0.1, -0.05) is 0 Å². The molecule has 0 spiro atoms. The second-order valence-corrected chi connectivity index (χ2v) is 2.77. The summed E-state index contributed by atoms with van der Waals surface area (Å²) in [5.74, 6) is 0. The van der Waals surface area contributed by atoms with Gasteiger partial charge in [-0.25, -0.2) is 0 Å². The van der Waals surface area contributed by atoms with Crippen LogP contribution in [0.1, 0.15) is 26.2 Å². The van der Waals surface area contributed by atoms with Gasteiger partial charge in [-0.2, -0.15) is 0 Å². The molecule has 2 nitrogen and oxygen atoms in total. The zero-order valence-electron chi connectivity index (χ0n) is 5.09. The largest absolute Gasteiger partial charge is 0.390 e. The maximum atomic E-state index is 9.21. The predicted octanol–water partition coefficient (Wildman–Crippen LogP) is 0.282. The zero-order valence-corrected chi connectivity index (χ0v) is 5.09. The van der Waals surface area contributed by atoms with Gasteiger partial charge in [-0.3, -0.25) is 0 Å². The lowest BCUT2D eigenvalue weighted by Crippen LogP contribution is -2.32. The molecule has 2 N–H and O–H groups in total. The van der Waals surface area contributed by atoms with Gasteiger partial charge in [-0.05, 0) is 26.2 Å². The van der Waals surface area contributed by atoms with Gasteiger partial charge >= 0.3 is 0 Å². The predicted molar refractivity (Wildman–Crippen MR) is 30.5 cm³/mol. The van der Waals surface area contributed by atoms with Gasteiger partial charge in [-0.15, -0.1) is 0 Å². The molecule has 1 aliphatic rings. The fraction of sp³-hybridized carbons (Fsp3) is 1.00. The molecule has 0 saturated heterocycles. The van der Waals surface area contributed by atoms with Crippen molar-refractivity contribution < 1.29 is 10.2 Å². The van der Waals surface area contributed by atoms with Crippen LogP contribution >= 0.6 is 0 Å². The Morgan fingerprint density at radius 3 is 2.38 bits per heavy atom. The van der Waals surface area contributed by atoms with E-state index in [0.29, 0.717) is 0 Å². The van der Waals surface area contributed by atoms with Gasteiger partial charge in [0.25, 0.3) is 0 Å². The van der Waals surface area contributed by atoms with Crippen molar-refractivity contribution in [3.05, 3.63) is 0 Å². The average Bonchev–Trinajstić information content (AvgIpc) is 1.86. The molecule has 0 unspecified atom stereocenters. The fourth-order valence-electron chi connectivity index (χ4n) is 1.13. The Morgan fingerprint density at radius 2 is 2.25 bits per heavy atom. The molecule has 0 radical (unpaired) electrons. The Morgan fingerprint density at radius 1 is 1.62 bits per heavy atom. The first-order valence-corrected chi connectivity index (χ1v) is 3.03. The highest BCUT2D eigenvalue weighted by Gasteiger charge is 2.34. The first kappa shape index (κ1) is 6.05. The van der Waals surface area contributed by atoms with Crippen molar-refractivity contribution in [3.63, 3.8) is 0 Å². The zero-order chi connectivity index (χ0) is 6.20. The highest BCUT2D eigenvalue weighted by Crippen LogP contribution is 2.28. The van der Waals surface area contributed by atoms with E-state index in [4.69, 9.17) is 5.11 Å². The molecule has 2 atom stereocenters. The van der Waals surface area contributed by atoms with E-state index in [1.807, 2.05) is 0 Å². The first-order chi connectivity index (χ1) is 3.63. The minimum Gasteiger partial charge on any atom is -0.390 e. The summed E-state index contributed by atoms with van der Waals surface area (Å²) in [6.07, 6.45) is 1.97. The Balaban J connectivity index is 2.54. The molecule has 0 aliphatic heterocycles. The molecule has 48 valence electrons. The Kier molecular flexibility index (Phi) is 1.29. The van der Waals surface area contributed by atoms with Crippen LogP contribution in [0.25, 0.3) is 0 Å². The first-order valence-electron chi connectivity index (χ1n) is 3.03. The SMILES string of the molecule is C[C@]1(O)CCC[C@H]1O. The van der Waals surface area contributed by atoms with Crippen molar-refractivity contribution in [2.75, 3.05) is 0 Å². The summed E-state index contributed by atoms with van der Waals surface area (Å²) in [4.78, 5) is 0. The Bertz CT molecular complexity index is 88.5. The smallest absolute Gasteiger partial charge is 0.0877 e. The maximum Gasteiger partial charge on any atom is 0.0877 e. The van der Waals surface area contributed by atoms with E-state index in [0.717, 1.165) is 19.3 Å². The molecule has 0 heterocycles. The van der Waals surface area contributed by atoms with Crippen LogP contribution in [-0.4, -0.2) is 21.9 Å². The Labute approximate surface area is 49.1 Å². The lowest BCUT2D eigenvalue weighted by Gasteiger charge is -2.19. The van der Waals surface area contributed by atoms with Crippen molar-refractivity contribution >= 4 is 0 Å². The molecule has 1 rings (SSSR count). The quantitative estimate of drug-likeness (QED) is 0.477. The molecule has 0 aromatic heterocycles. The molecule has 8 heavy (non-hydrogen) atoms. The van der Waals surface area contributed by atoms with Crippen LogP contribution in [0.5, 0.6) is 0 Å². The highest BCUT2D eigenvalue weighted by atomic mass is 16.3. The summed E-state index contributed by atoms with van der Waals surface area (Å²) in [6.45, 7) is 1.69. The van der Waals surface area contributed by atoms with Gasteiger partial charge in [0.2, 0.25) is 0 Å². The van der Waals surface area contributed by atoms with E-state index >= 15 is 0 Å². The lowest BCUT2D eigenvalue weighted by molar-refractivity contribution is -0.0382. The van der Waals surface area contributed by atoms with Crippen molar-refractivity contribution in [1.29, 1.82) is 0 Å². The molecular formula is C6H12O2. The molecule has 1 fully saturated rings. The number of hydrogen-bond donors (Lipinski definition) is 2. The minimum absolute atomic E-state index is 0.484. The highest BCUT2D eigenvalue weighted by molar-refractivity contribution is 4.87. The van der Waals surface area contributed by atoms with Crippen LogP contribution in [0.3, 0.4) is 0 Å². The number of hydrogen-bond acceptors (Lipinski definition) is 2.